The number of hydrogen-bond acceptors (Lipinski definition) is 10. The highest BCUT2D eigenvalue weighted by Gasteiger charge is 2.40. The summed E-state index contributed by atoms with van der Waals surface area (Å²) in [6, 6.07) is 16.7. The van der Waals surface area contributed by atoms with Gasteiger partial charge in [-0.1, -0.05) is 38.1 Å². The molecule has 5 rings (SSSR count). The summed E-state index contributed by atoms with van der Waals surface area (Å²) >= 11 is 11.9. The number of ether oxygens (including phenoxy) is 3. The number of epoxide rings is 1. The van der Waals surface area contributed by atoms with E-state index in [1.807, 2.05) is 70.9 Å². The van der Waals surface area contributed by atoms with E-state index in [9.17, 15) is 5.11 Å². The van der Waals surface area contributed by atoms with Crippen molar-refractivity contribution in [2.75, 3.05) is 52.1 Å². The van der Waals surface area contributed by atoms with Crippen molar-refractivity contribution in [3.8, 4) is 11.5 Å². The third-order valence-corrected chi connectivity index (χ3v) is 15.7. The van der Waals surface area contributed by atoms with E-state index < -0.39 is 6.10 Å². The number of aliphatic hydroxyl groups is 1. The van der Waals surface area contributed by atoms with Crippen LogP contribution in [0.5, 0.6) is 11.5 Å². The first-order valence-corrected chi connectivity index (χ1v) is 20.0. The molecule has 2 aromatic carbocycles. The first-order chi connectivity index (χ1) is 19.0. The molecule has 0 saturated carbocycles. The van der Waals surface area contributed by atoms with E-state index >= 15 is 0 Å². The smallest absolute Gasteiger partial charge is 0.133 e. The summed E-state index contributed by atoms with van der Waals surface area (Å²) in [5.74, 6) is 7.20. The van der Waals surface area contributed by atoms with Crippen LogP contribution in [-0.4, -0.2) is 85.4 Å². The number of benzene rings is 2. The fraction of sp³-hybridized carbons (Fsp3) is 0.586. The van der Waals surface area contributed by atoms with E-state index in [0.29, 0.717) is 18.6 Å². The molecular formula is C29H38O4S6. The Balaban J connectivity index is 1.02. The molecule has 5 unspecified atom stereocenters. The molecule has 0 radical (unpaired) electrons. The molecule has 0 spiro atoms. The van der Waals surface area contributed by atoms with Crippen LogP contribution in [0.2, 0.25) is 0 Å². The molecule has 3 heterocycles. The SMILES string of the molecule is CC(C)(c1ccc(OCC(O)CSCC2CSCS2)cc1)c1ccc(OCC2OC2SCC2CSCS2)cc1. The molecule has 1 N–H and O–H groups in total. The molecule has 2 aromatic rings. The standard InChI is InChI=1S/C29H38O4S6/c1-29(2,20-3-7-23(8-4-20)31-11-22(30)13-34-14-25-15-35-18-38-25)21-5-9-24(10-6-21)32-12-27-28(33-27)37-17-26-16-36-19-39-26/h3-10,22,25-28,30H,11-19H2,1-2H3. The predicted octanol–water partition coefficient (Wildman–Crippen LogP) is 6.93. The van der Waals surface area contributed by atoms with Crippen molar-refractivity contribution in [1.29, 1.82) is 0 Å². The summed E-state index contributed by atoms with van der Waals surface area (Å²) in [6.07, 6.45) is -0.238. The topological polar surface area (TPSA) is 51.2 Å². The molecule has 10 heteroatoms. The Morgan fingerprint density at radius 1 is 0.897 bits per heavy atom. The normalized spacial score (nSPS) is 25.5. The van der Waals surface area contributed by atoms with Crippen molar-refractivity contribution in [3.05, 3.63) is 59.7 Å². The highest BCUT2D eigenvalue weighted by molar-refractivity contribution is 8.20. The van der Waals surface area contributed by atoms with Gasteiger partial charge in [-0.05, 0) is 35.4 Å². The van der Waals surface area contributed by atoms with Crippen LogP contribution in [0.15, 0.2) is 48.5 Å². The summed E-state index contributed by atoms with van der Waals surface area (Å²) in [5.41, 5.74) is 2.60. The van der Waals surface area contributed by atoms with Gasteiger partial charge >= 0.3 is 0 Å². The Labute approximate surface area is 259 Å². The minimum atomic E-state index is -0.447. The molecule has 0 amide bonds. The lowest BCUT2D eigenvalue weighted by molar-refractivity contribution is 0.126. The van der Waals surface area contributed by atoms with Crippen LogP contribution in [0.1, 0.15) is 25.0 Å². The first-order valence-electron chi connectivity index (χ1n) is 13.4. The average molecular weight is 643 g/mol. The van der Waals surface area contributed by atoms with Crippen LogP contribution in [-0.2, 0) is 10.2 Å². The van der Waals surface area contributed by atoms with Gasteiger partial charge in [-0.3, -0.25) is 0 Å². The van der Waals surface area contributed by atoms with Crippen molar-refractivity contribution in [2.45, 2.75) is 47.4 Å². The van der Waals surface area contributed by atoms with Gasteiger partial charge in [-0.2, -0.15) is 11.8 Å². The average Bonchev–Trinajstić information content (AvgIpc) is 3.29. The summed E-state index contributed by atoms with van der Waals surface area (Å²) in [6.45, 7) is 5.41. The fourth-order valence-corrected chi connectivity index (χ4v) is 13.1. The monoisotopic (exact) mass is 642 g/mol. The molecule has 0 aliphatic carbocycles. The number of thioether (sulfide) groups is 6. The van der Waals surface area contributed by atoms with E-state index in [1.54, 1.807) is 0 Å². The van der Waals surface area contributed by atoms with Crippen molar-refractivity contribution >= 4 is 70.6 Å². The molecule has 214 valence electrons. The van der Waals surface area contributed by atoms with Crippen molar-refractivity contribution in [1.82, 2.24) is 0 Å². The van der Waals surface area contributed by atoms with Crippen LogP contribution in [0.3, 0.4) is 0 Å². The third-order valence-electron chi connectivity index (χ3n) is 6.99. The number of rotatable bonds is 15. The Bertz CT molecular complexity index is 958. The van der Waals surface area contributed by atoms with Gasteiger partial charge in [0.15, 0.2) is 0 Å². The second-order valence-corrected chi connectivity index (χ2v) is 18.0. The zero-order valence-corrected chi connectivity index (χ0v) is 27.4. The second-order valence-electron chi connectivity index (χ2n) is 10.4. The van der Waals surface area contributed by atoms with Crippen LogP contribution in [0.25, 0.3) is 0 Å². The fourth-order valence-electron chi connectivity index (χ4n) is 4.39. The largest absolute Gasteiger partial charge is 0.491 e. The molecule has 3 saturated heterocycles. The molecule has 4 nitrogen and oxygen atoms in total. The van der Waals surface area contributed by atoms with E-state index in [2.05, 4.69) is 62.0 Å². The lowest BCUT2D eigenvalue weighted by Gasteiger charge is -2.26. The lowest BCUT2D eigenvalue weighted by Crippen LogP contribution is -2.21. The van der Waals surface area contributed by atoms with Crippen LogP contribution >= 0.6 is 70.6 Å². The van der Waals surface area contributed by atoms with Gasteiger partial charge in [0.25, 0.3) is 0 Å². The Kier molecular flexibility index (Phi) is 11.7. The molecule has 39 heavy (non-hydrogen) atoms. The minimum absolute atomic E-state index is 0.151. The highest BCUT2D eigenvalue weighted by atomic mass is 32.2. The maximum atomic E-state index is 10.3. The predicted molar refractivity (Wildman–Crippen MR) is 178 cm³/mol. The van der Waals surface area contributed by atoms with Crippen LogP contribution in [0, 0.1) is 0 Å². The van der Waals surface area contributed by atoms with E-state index in [4.69, 9.17) is 14.2 Å². The van der Waals surface area contributed by atoms with Gasteiger partial charge in [-0.15, -0.1) is 58.8 Å². The maximum Gasteiger partial charge on any atom is 0.133 e. The molecule has 3 aliphatic heterocycles. The zero-order chi connectivity index (χ0) is 27.1. The van der Waals surface area contributed by atoms with Crippen LogP contribution < -0.4 is 9.47 Å². The summed E-state index contributed by atoms with van der Waals surface area (Å²) < 4.78 is 17.7. The van der Waals surface area contributed by atoms with Gasteiger partial charge in [0.1, 0.15) is 36.3 Å². The molecule has 3 aliphatic rings. The van der Waals surface area contributed by atoms with Crippen LogP contribution in [0.4, 0.5) is 0 Å². The van der Waals surface area contributed by atoms with Gasteiger partial charge in [0, 0.05) is 54.8 Å². The van der Waals surface area contributed by atoms with E-state index in [-0.39, 0.29) is 11.5 Å². The number of hydrogen-bond donors (Lipinski definition) is 1. The highest BCUT2D eigenvalue weighted by Crippen LogP contribution is 2.39. The summed E-state index contributed by atoms with van der Waals surface area (Å²) in [7, 11) is 0. The van der Waals surface area contributed by atoms with E-state index in [1.165, 1.54) is 38.6 Å². The molecular weight excluding hydrogens is 605 g/mol. The molecule has 3 fully saturated rings. The molecule has 5 atom stereocenters. The minimum Gasteiger partial charge on any atom is -0.491 e. The van der Waals surface area contributed by atoms with Crippen molar-refractivity contribution < 1.29 is 19.3 Å². The quantitative estimate of drug-likeness (QED) is 0.207. The maximum absolute atomic E-state index is 10.3. The third kappa shape index (κ3) is 9.27. The Hall–Kier alpha value is 0.0600. The zero-order valence-electron chi connectivity index (χ0n) is 22.5. The Morgan fingerprint density at radius 2 is 1.49 bits per heavy atom. The van der Waals surface area contributed by atoms with Crippen molar-refractivity contribution in [2.24, 2.45) is 0 Å². The van der Waals surface area contributed by atoms with Gasteiger partial charge < -0.3 is 19.3 Å². The second kappa shape index (κ2) is 15.0. The lowest BCUT2D eigenvalue weighted by atomic mass is 9.78. The first kappa shape index (κ1) is 30.5. The van der Waals surface area contributed by atoms with Gasteiger partial charge in [0.05, 0.1) is 6.10 Å². The van der Waals surface area contributed by atoms with Gasteiger partial charge in [-0.25, -0.2) is 0 Å². The van der Waals surface area contributed by atoms with E-state index in [0.717, 1.165) is 33.5 Å². The molecule has 0 aromatic heterocycles. The summed E-state index contributed by atoms with van der Waals surface area (Å²) in [5, 5.41) is 14.3. The van der Waals surface area contributed by atoms with Gasteiger partial charge in [0.2, 0.25) is 0 Å². The van der Waals surface area contributed by atoms with Crippen molar-refractivity contribution in [3.63, 3.8) is 0 Å². The summed E-state index contributed by atoms with van der Waals surface area (Å²) in [4.78, 5) is 0. The number of aliphatic hydroxyl groups excluding tert-OH is 1. The Morgan fingerprint density at radius 3 is 2.08 bits per heavy atom. The molecule has 0 bridgehead atoms.